The van der Waals surface area contributed by atoms with Gasteiger partial charge in [0.1, 0.15) is 6.17 Å². The molecule has 0 aliphatic carbocycles. The van der Waals surface area contributed by atoms with Crippen LogP contribution in [0.5, 0.6) is 0 Å². The molecule has 2 saturated heterocycles. The summed E-state index contributed by atoms with van der Waals surface area (Å²) in [7, 11) is 0. The van der Waals surface area contributed by atoms with E-state index < -0.39 is 6.17 Å². The van der Waals surface area contributed by atoms with Crippen LogP contribution in [-0.4, -0.2) is 41.4 Å². The normalized spacial score (nSPS) is 41.0. The molecule has 72 valence electrons. The molecule has 2 heterocycles. The summed E-state index contributed by atoms with van der Waals surface area (Å²) < 4.78 is 12.9. The van der Waals surface area contributed by atoms with Crippen molar-refractivity contribution in [2.75, 3.05) is 19.7 Å². The van der Waals surface area contributed by atoms with Crippen LogP contribution in [-0.2, 0) is 0 Å². The third-order valence-corrected chi connectivity index (χ3v) is 3.06. The molecule has 1 N–H and O–H groups in total. The van der Waals surface area contributed by atoms with Crippen molar-refractivity contribution in [3.05, 3.63) is 0 Å². The average molecular weight is 193 g/mol. The lowest BCUT2D eigenvalue weighted by Gasteiger charge is -2.28. The molecule has 4 heteroatoms. The molecule has 0 bridgehead atoms. The molecule has 12 heavy (non-hydrogen) atoms. The van der Waals surface area contributed by atoms with Crippen LogP contribution >= 0.6 is 13.5 Å². The summed E-state index contributed by atoms with van der Waals surface area (Å²) in [5, 5.41) is 9.14. The molecule has 2 aliphatic heterocycles. The van der Waals surface area contributed by atoms with Crippen LogP contribution in [0.25, 0.3) is 0 Å². The van der Waals surface area contributed by atoms with Gasteiger partial charge in [-0.3, -0.25) is 4.90 Å². The zero-order valence-electron chi connectivity index (χ0n) is 7.09. The Bertz CT molecular complexity index is 169. The molecule has 0 radical (unpaired) electrons. The standard InChI is InChI=1S/C8H14FNO.H2S/c9-7-4-8(6-11)2-1-3-10(8)5-7;/h7,11H,1-6H2;1H2/t7-,8+;/m1./s1. The quantitative estimate of drug-likeness (QED) is 0.661. The Morgan fingerprint density at radius 1 is 1.58 bits per heavy atom. The molecule has 0 spiro atoms. The predicted molar refractivity (Wildman–Crippen MR) is 50.5 cm³/mol. The van der Waals surface area contributed by atoms with Crippen LogP contribution in [0.1, 0.15) is 19.3 Å². The van der Waals surface area contributed by atoms with Crippen LogP contribution in [0.15, 0.2) is 0 Å². The number of hydrogen-bond donors (Lipinski definition) is 1. The van der Waals surface area contributed by atoms with E-state index in [1.807, 2.05) is 0 Å². The van der Waals surface area contributed by atoms with Crippen LogP contribution in [0.4, 0.5) is 4.39 Å². The summed E-state index contributed by atoms with van der Waals surface area (Å²) in [5.74, 6) is 0. The highest BCUT2D eigenvalue weighted by atomic mass is 32.1. The number of nitrogens with zero attached hydrogens (tertiary/aromatic N) is 1. The maximum Gasteiger partial charge on any atom is 0.115 e. The van der Waals surface area contributed by atoms with Crippen molar-refractivity contribution in [3.63, 3.8) is 0 Å². The number of rotatable bonds is 1. The van der Waals surface area contributed by atoms with E-state index in [-0.39, 0.29) is 25.6 Å². The van der Waals surface area contributed by atoms with E-state index in [2.05, 4.69) is 4.90 Å². The van der Waals surface area contributed by atoms with Gasteiger partial charge in [-0.1, -0.05) is 0 Å². The fraction of sp³-hybridized carbons (Fsp3) is 1.00. The molecule has 0 saturated carbocycles. The SMILES string of the molecule is OC[C@@]12CCCN1C[C@H](F)C2.S. The lowest BCUT2D eigenvalue weighted by molar-refractivity contribution is 0.0996. The molecule has 0 aromatic carbocycles. The molecule has 2 nitrogen and oxygen atoms in total. The maximum atomic E-state index is 12.9. The average Bonchev–Trinajstić information content (AvgIpc) is 2.43. The highest BCUT2D eigenvalue weighted by molar-refractivity contribution is 7.59. The van der Waals surface area contributed by atoms with Crippen molar-refractivity contribution in [3.8, 4) is 0 Å². The number of hydrogen-bond acceptors (Lipinski definition) is 2. The number of aliphatic hydroxyl groups excluding tert-OH is 1. The minimum absolute atomic E-state index is 0. The zero-order chi connectivity index (χ0) is 7.90. The van der Waals surface area contributed by atoms with Gasteiger partial charge in [-0.15, -0.1) is 0 Å². The molecule has 0 aromatic rings. The molecule has 0 amide bonds. The first kappa shape index (κ1) is 10.3. The van der Waals surface area contributed by atoms with E-state index in [0.717, 1.165) is 19.4 Å². The van der Waals surface area contributed by atoms with E-state index in [1.165, 1.54) is 0 Å². The maximum absolute atomic E-state index is 12.9. The Kier molecular flexibility index (Phi) is 3.01. The summed E-state index contributed by atoms with van der Waals surface area (Å²) in [6.07, 6.45) is 1.93. The lowest BCUT2D eigenvalue weighted by Crippen LogP contribution is -2.41. The van der Waals surface area contributed by atoms with E-state index in [0.29, 0.717) is 13.0 Å². The first-order valence-electron chi connectivity index (χ1n) is 4.27. The Labute approximate surface area is 79.2 Å². The Morgan fingerprint density at radius 2 is 2.33 bits per heavy atom. The predicted octanol–water partition coefficient (Wildman–Crippen LogP) is 0.668. The van der Waals surface area contributed by atoms with Crippen LogP contribution in [0, 0.1) is 0 Å². The summed E-state index contributed by atoms with van der Waals surface area (Å²) in [4.78, 5) is 2.11. The summed E-state index contributed by atoms with van der Waals surface area (Å²) >= 11 is 0. The van der Waals surface area contributed by atoms with Gasteiger partial charge in [0.25, 0.3) is 0 Å². The van der Waals surface area contributed by atoms with Gasteiger partial charge in [-0.05, 0) is 19.4 Å². The molecule has 2 fully saturated rings. The molecular formula is C8H16FNOS. The largest absolute Gasteiger partial charge is 0.394 e. The summed E-state index contributed by atoms with van der Waals surface area (Å²) in [6.45, 7) is 1.65. The second kappa shape index (κ2) is 3.52. The minimum Gasteiger partial charge on any atom is -0.394 e. The Morgan fingerprint density at radius 3 is 2.92 bits per heavy atom. The van der Waals surface area contributed by atoms with Crippen molar-refractivity contribution in [2.45, 2.75) is 31.0 Å². The number of alkyl halides is 1. The van der Waals surface area contributed by atoms with Crippen LogP contribution in [0.3, 0.4) is 0 Å². The highest BCUT2D eigenvalue weighted by Gasteiger charge is 2.47. The van der Waals surface area contributed by atoms with E-state index in [1.54, 1.807) is 0 Å². The van der Waals surface area contributed by atoms with Crippen molar-refractivity contribution in [1.29, 1.82) is 0 Å². The molecule has 2 rings (SSSR count). The van der Waals surface area contributed by atoms with E-state index in [9.17, 15) is 4.39 Å². The number of aliphatic hydroxyl groups is 1. The molecule has 0 unspecified atom stereocenters. The molecule has 2 aliphatic rings. The first-order chi connectivity index (χ1) is 5.27. The Hall–Kier alpha value is 0.200. The van der Waals surface area contributed by atoms with Gasteiger partial charge < -0.3 is 5.11 Å². The van der Waals surface area contributed by atoms with Gasteiger partial charge in [0.2, 0.25) is 0 Å². The van der Waals surface area contributed by atoms with Crippen molar-refractivity contribution in [2.24, 2.45) is 0 Å². The topological polar surface area (TPSA) is 23.5 Å². The van der Waals surface area contributed by atoms with Gasteiger partial charge in [-0.25, -0.2) is 4.39 Å². The number of halogens is 1. The molecule has 0 aromatic heterocycles. The van der Waals surface area contributed by atoms with Gasteiger partial charge in [0.05, 0.1) is 6.61 Å². The van der Waals surface area contributed by atoms with Crippen molar-refractivity contribution < 1.29 is 9.50 Å². The Balaban J connectivity index is 0.000000720. The third kappa shape index (κ3) is 1.36. The molecular weight excluding hydrogens is 177 g/mol. The highest BCUT2D eigenvalue weighted by Crippen LogP contribution is 2.39. The zero-order valence-corrected chi connectivity index (χ0v) is 8.09. The fourth-order valence-electron chi connectivity index (χ4n) is 2.47. The third-order valence-electron chi connectivity index (χ3n) is 3.06. The lowest BCUT2D eigenvalue weighted by atomic mass is 9.95. The number of fused-ring (bicyclic) bond motifs is 1. The minimum atomic E-state index is -0.706. The van der Waals surface area contributed by atoms with Crippen LogP contribution < -0.4 is 0 Å². The van der Waals surface area contributed by atoms with Crippen molar-refractivity contribution in [1.82, 2.24) is 4.90 Å². The van der Waals surface area contributed by atoms with Gasteiger partial charge in [0, 0.05) is 18.5 Å². The second-order valence-corrected chi connectivity index (χ2v) is 3.73. The van der Waals surface area contributed by atoms with Gasteiger partial charge in [-0.2, -0.15) is 13.5 Å². The van der Waals surface area contributed by atoms with E-state index in [4.69, 9.17) is 5.11 Å². The second-order valence-electron chi connectivity index (χ2n) is 3.73. The van der Waals surface area contributed by atoms with Crippen LogP contribution in [0.2, 0.25) is 0 Å². The fourth-order valence-corrected chi connectivity index (χ4v) is 2.47. The first-order valence-corrected chi connectivity index (χ1v) is 4.27. The van der Waals surface area contributed by atoms with Crippen molar-refractivity contribution >= 4 is 13.5 Å². The van der Waals surface area contributed by atoms with Gasteiger partial charge in [0.15, 0.2) is 0 Å². The summed E-state index contributed by atoms with van der Waals surface area (Å²) in [6, 6.07) is 0. The monoisotopic (exact) mass is 193 g/mol. The van der Waals surface area contributed by atoms with E-state index >= 15 is 0 Å². The molecule has 2 atom stereocenters. The van der Waals surface area contributed by atoms with Gasteiger partial charge >= 0.3 is 0 Å². The smallest absolute Gasteiger partial charge is 0.115 e. The summed E-state index contributed by atoms with van der Waals surface area (Å²) in [5.41, 5.74) is -0.167.